The monoisotopic (exact) mass is 472 g/mol. The lowest BCUT2D eigenvalue weighted by molar-refractivity contribution is -0.159. The van der Waals surface area contributed by atoms with Crippen molar-refractivity contribution in [3.63, 3.8) is 0 Å². The lowest BCUT2D eigenvalue weighted by atomic mass is 10.2. The Morgan fingerprint density at radius 3 is 2.47 bits per heavy atom. The highest BCUT2D eigenvalue weighted by molar-refractivity contribution is 5.76. The summed E-state index contributed by atoms with van der Waals surface area (Å²) in [5.74, 6) is -1.59. The first-order chi connectivity index (χ1) is 16.5. The van der Waals surface area contributed by atoms with Crippen LogP contribution in [0.2, 0.25) is 0 Å². The third-order valence-corrected chi connectivity index (χ3v) is 5.10. The van der Waals surface area contributed by atoms with E-state index < -0.39 is 36.3 Å². The molecule has 11 nitrogen and oxygen atoms in total. The lowest BCUT2D eigenvalue weighted by Crippen LogP contribution is -2.43. The number of benzene rings is 1. The summed E-state index contributed by atoms with van der Waals surface area (Å²) in [5.41, 5.74) is -0.195. The van der Waals surface area contributed by atoms with Crippen LogP contribution in [0.25, 0.3) is 11.2 Å². The van der Waals surface area contributed by atoms with Crippen molar-refractivity contribution in [1.82, 2.24) is 18.7 Å². The molecule has 0 saturated carbocycles. The van der Waals surface area contributed by atoms with E-state index in [-0.39, 0.29) is 24.3 Å². The number of esters is 2. The van der Waals surface area contributed by atoms with Gasteiger partial charge in [0.1, 0.15) is 6.54 Å². The number of rotatable bonds is 12. The number of fused-ring (bicyclic) bond motifs is 1. The normalized spacial score (nSPS) is 11.0. The number of carbonyl (C=O) groups is 2. The minimum absolute atomic E-state index is 0.149. The summed E-state index contributed by atoms with van der Waals surface area (Å²) in [5, 5.41) is 0. The van der Waals surface area contributed by atoms with Crippen LogP contribution in [0.4, 0.5) is 0 Å². The highest BCUT2D eigenvalue weighted by Crippen LogP contribution is 2.10. The Morgan fingerprint density at radius 2 is 1.76 bits per heavy atom. The molecule has 0 fully saturated rings. The van der Waals surface area contributed by atoms with Crippen molar-refractivity contribution in [3.05, 3.63) is 63.1 Å². The van der Waals surface area contributed by atoms with Gasteiger partial charge in [-0.15, -0.1) is 0 Å². The van der Waals surface area contributed by atoms with Crippen LogP contribution >= 0.6 is 0 Å². The molecule has 2 aromatic heterocycles. The maximum atomic E-state index is 13.2. The van der Waals surface area contributed by atoms with Crippen LogP contribution in [0.3, 0.4) is 0 Å². The van der Waals surface area contributed by atoms with Gasteiger partial charge in [0.05, 0.1) is 26.1 Å². The van der Waals surface area contributed by atoms with Gasteiger partial charge in [-0.1, -0.05) is 43.7 Å². The van der Waals surface area contributed by atoms with Crippen molar-refractivity contribution in [2.24, 2.45) is 0 Å². The van der Waals surface area contributed by atoms with Gasteiger partial charge in [0.2, 0.25) is 0 Å². The fraction of sp³-hybridized carbons (Fsp3) is 0.435. The van der Waals surface area contributed by atoms with Gasteiger partial charge in [0.15, 0.2) is 17.8 Å². The van der Waals surface area contributed by atoms with E-state index in [1.165, 1.54) is 18.0 Å². The zero-order chi connectivity index (χ0) is 24.5. The highest BCUT2D eigenvalue weighted by Gasteiger charge is 2.21. The Kier molecular flexibility index (Phi) is 8.74. The van der Waals surface area contributed by atoms with Crippen molar-refractivity contribution in [1.29, 1.82) is 0 Å². The summed E-state index contributed by atoms with van der Waals surface area (Å²) >= 11 is 0. The van der Waals surface area contributed by atoms with Gasteiger partial charge in [0, 0.05) is 13.7 Å². The summed E-state index contributed by atoms with van der Waals surface area (Å²) in [7, 11) is 1.53. The Balaban J connectivity index is 1.92. The average molecular weight is 472 g/mol. The molecule has 34 heavy (non-hydrogen) atoms. The van der Waals surface area contributed by atoms with E-state index in [4.69, 9.17) is 14.2 Å². The average Bonchev–Trinajstić information content (AvgIpc) is 3.26. The second-order valence-electron chi connectivity index (χ2n) is 7.58. The van der Waals surface area contributed by atoms with E-state index >= 15 is 0 Å². The first-order valence-electron chi connectivity index (χ1n) is 11.0. The minimum Gasteiger partial charge on any atom is -0.463 e. The molecular weight excluding hydrogens is 444 g/mol. The molecule has 3 rings (SSSR count). The standard InChI is InChI=1S/C23H28N4O7/c1-3-4-11-33-19(29)15-34-18(28)14-27-22(30)20-21(24-16-25(20)10-12-32-2)26(23(27)31)13-17-8-6-5-7-9-17/h5-9,16H,3-4,10-15H2,1-2H3. The lowest BCUT2D eigenvalue weighted by Gasteiger charge is -2.12. The summed E-state index contributed by atoms with van der Waals surface area (Å²) in [6, 6.07) is 9.21. The Bertz CT molecular complexity index is 1240. The SMILES string of the molecule is CCCCOC(=O)COC(=O)Cn1c(=O)c2c(ncn2CCOC)n(Cc2ccccc2)c1=O. The van der Waals surface area contributed by atoms with Crippen LogP contribution in [-0.2, 0) is 43.4 Å². The molecule has 0 bridgehead atoms. The number of aromatic nitrogens is 4. The van der Waals surface area contributed by atoms with Crippen LogP contribution in [0.1, 0.15) is 25.3 Å². The minimum atomic E-state index is -0.903. The third kappa shape index (κ3) is 5.98. The molecule has 0 unspecified atom stereocenters. The Labute approximate surface area is 195 Å². The smallest absolute Gasteiger partial charge is 0.344 e. The van der Waals surface area contributed by atoms with Crippen molar-refractivity contribution in [2.75, 3.05) is 26.9 Å². The second-order valence-corrected chi connectivity index (χ2v) is 7.58. The molecule has 0 aliphatic rings. The summed E-state index contributed by atoms with van der Waals surface area (Å²) in [6.45, 7) is 1.75. The molecule has 11 heteroatoms. The molecule has 182 valence electrons. The van der Waals surface area contributed by atoms with Crippen LogP contribution < -0.4 is 11.2 Å². The molecule has 3 aromatic rings. The number of unbranched alkanes of at least 4 members (excludes halogenated alkanes) is 1. The molecule has 0 aliphatic heterocycles. The summed E-state index contributed by atoms with van der Waals surface area (Å²) < 4.78 is 18.7. The topological polar surface area (TPSA) is 124 Å². The van der Waals surface area contributed by atoms with E-state index in [1.807, 2.05) is 37.3 Å². The Morgan fingerprint density at radius 1 is 1.00 bits per heavy atom. The van der Waals surface area contributed by atoms with E-state index in [0.29, 0.717) is 19.6 Å². The molecule has 0 spiro atoms. The van der Waals surface area contributed by atoms with Gasteiger partial charge in [-0.3, -0.25) is 14.2 Å². The van der Waals surface area contributed by atoms with Gasteiger partial charge >= 0.3 is 17.6 Å². The van der Waals surface area contributed by atoms with Gasteiger partial charge in [-0.05, 0) is 12.0 Å². The number of nitrogens with zero attached hydrogens (tertiary/aromatic N) is 4. The number of methoxy groups -OCH3 is 1. The third-order valence-electron chi connectivity index (χ3n) is 5.10. The number of imidazole rings is 1. The number of ether oxygens (including phenoxy) is 3. The summed E-state index contributed by atoms with van der Waals surface area (Å²) in [6.07, 6.45) is 3.02. The fourth-order valence-corrected chi connectivity index (χ4v) is 3.33. The van der Waals surface area contributed by atoms with Crippen molar-refractivity contribution >= 4 is 23.1 Å². The first-order valence-corrected chi connectivity index (χ1v) is 11.0. The largest absolute Gasteiger partial charge is 0.463 e. The zero-order valence-electron chi connectivity index (χ0n) is 19.3. The zero-order valence-corrected chi connectivity index (χ0v) is 19.3. The fourth-order valence-electron chi connectivity index (χ4n) is 3.33. The van der Waals surface area contributed by atoms with Crippen LogP contribution in [0.15, 0.2) is 46.2 Å². The predicted molar refractivity (Wildman–Crippen MR) is 122 cm³/mol. The first kappa shape index (κ1) is 24.9. The maximum Gasteiger partial charge on any atom is 0.344 e. The van der Waals surface area contributed by atoms with Crippen LogP contribution in [0, 0.1) is 0 Å². The van der Waals surface area contributed by atoms with E-state index in [2.05, 4.69) is 4.98 Å². The van der Waals surface area contributed by atoms with Crippen LogP contribution in [-0.4, -0.2) is 57.6 Å². The quantitative estimate of drug-likeness (QED) is 0.282. The number of carbonyl (C=O) groups excluding carboxylic acids is 2. The van der Waals surface area contributed by atoms with Crippen molar-refractivity contribution in [3.8, 4) is 0 Å². The molecular formula is C23H28N4O7. The number of hydrogen-bond acceptors (Lipinski definition) is 8. The molecule has 0 atom stereocenters. The molecule has 2 heterocycles. The predicted octanol–water partition coefficient (Wildman–Crippen LogP) is 0.941. The van der Waals surface area contributed by atoms with Gasteiger partial charge in [0.25, 0.3) is 5.56 Å². The summed E-state index contributed by atoms with van der Waals surface area (Å²) in [4.78, 5) is 54.8. The number of hydrogen-bond donors (Lipinski definition) is 0. The molecule has 0 saturated heterocycles. The molecule has 0 aliphatic carbocycles. The van der Waals surface area contributed by atoms with Crippen molar-refractivity contribution < 1.29 is 23.8 Å². The molecule has 0 N–H and O–H groups in total. The van der Waals surface area contributed by atoms with E-state index in [0.717, 1.165) is 16.6 Å². The van der Waals surface area contributed by atoms with Gasteiger partial charge in [-0.2, -0.15) is 0 Å². The Hall–Kier alpha value is -3.73. The molecule has 0 amide bonds. The van der Waals surface area contributed by atoms with Gasteiger partial charge < -0.3 is 18.8 Å². The highest BCUT2D eigenvalue weighted by atomic mass is 16.6. The molecule has 0 radical (unpaired) electrons. The second kappa shape index (κ2) is 11.9. The maximum absolute atomic E-state index is 13.2. The van der Waals surface area contributed by atoms with Crippen molar-refractivity contribution in [2.45, 2.75) is 39.4 Å². The van der Waals surface area contributed by atoms with E-state index in [1.54, 1.807) is 4.57 Å². The van der Waals surface area contributed by atoms with E-state index in [9.17, 15) is 19.2 Å². The van der Waals surface area contributed by atoms with Gasteiger partial charge in [-0.25, -0.2) is 19.1 Å². The molecule has 1 aromatic carbocycles. The van der Waals surface area contributed by atoms with Crippen LogP contribution in [0.5, 0.6) is 0 Å².